The van der Waals surface area contributed by atoms with Crippen LogP contribution >= 0.6 is 25.3 Å². The largest absolute Gasteiger partial charge is 0.508 e. The number of thiol groups is 2. The maximum atomic E-state index is 13.7. The lowest BCUT2D eigenvalue weighted by molar-refractivity contribution is -0.141. The Morgan fingerprint density at radius 3 is 1.50 bits per heavy atom. The average molecular weight is 1070 g/mol. The van der Waals surface area contributed by atoms with Crippen LogP contribution in [0.15, 0.2) is 78.9 Å². The summed E-state index contributed by atoms with van der Waals surface area (Å²) in [5.74, 6) is -12.9. The molecule has 0 aliphatic rings. The van der Waals surface area contributed by atoms with Crippen molar-refractivity contribution in [2.24, 2.45) is 11.7 Å². The van der Waals surface area contributed by atoms with Crippen LogP contribution in [0.4, 0.5) is 0 Å². The van der Waals surface area contributed by atoms with Gasteiger partial charge < -0.3 is 68.7 Å². The quantitative estimate of drug-likeness (QED) is 0.0325. The zero-order valence-electron chi connectivity index (χ0n) is 40.4. The molecule has 0 heterocycles. The Bertz CT molecular complexity index is 2480. The molecule has 26 heteroatoms. The maximum absolute atomic E-state index is 13.7. The first-order valence-corrected chi connectivity index (χ1v) is 24.1. The van der Waals surface area contributed by atoms with E-state index in [0.717, 1.165) is 18.1 Å². The second kappa shape index (κ2) is 29.7. The lowest BCUT2D eigenvalue weighted by Gasteiger charge is -2.26. The number of carbonyl (C=O) groups is 11. The zero-order chi connectivity index (χ0) is 55.2. The van der Waals surface area contributed by atoms with E-state index in [4.69, 9.17) is 5.73 Å². The number of phenolic OH excluding ortho intramolecular Hbond substituents is 1. The summed E-state index contributed by atoms with van der Waals surface area (Å²) in [4.78, 5) is 142. The van der Waals surface area contributed by atoms with Crippen LogP contribution in [0.5, 0.6) is 5.75 Å². The molecule has 0 spiro atoms. The van der Waals surface area contributed by atoms with E-state index in [9.17, 15) is 73.2 Å². The highest BCUT2D eigenvalue weighted by Crippen LogP contribution is 2.20. The number of rotatable bonds is 29. The van der Waals surface area contributed by atoms with Crippen molar-refractivity contribution in [2.75, 3.05) is 18.1 Å². The van der Waals surface area contributed by atoms with Crippen molar-refractivity contribution < 1.29 is 73.2 Å². The number of hydrogen-bond donors (Lipinski definition) is 15. The zero-order valence-corrected chi connectivity index (χ0v) is 42.2. The van der Waals surface area contributed by atoms with Crippen molar-refractivity contribution in [3.05, 3.63) is 90.0 Å². The minimum absolute atomic E-state index is 0.0917. The van der Waals surface area contributed by atoms with Gasteiger partial charge in [0.05, 0.1) is 25.5 Å². The molecule has 74 heavy (non-hydrogen) atoms. The number of phenols is 1. The van der Waals surface area contributed by atoms with Gasteiger partial charge in [-0.2, -0.15) is 25.3 Å². The molecule has 0 radical (unpaired) electrons. The molecule has 400 valence electrons. The number of carboxylic acid groups (broad SMARTS) is 2. The van der Waals surface area contributed by atoms with E-state index >= 15 is 0 Å². The highest BCUT2D eigenvalue weighted by atomic mass is 32.1. The number of benzene rings is 3. The predicted octanol–water partition coefficient (Wildman–Crippen LogP) is -2.31. The van der Waals surface area contributed by atoms with Gasteiger partial charge in [-0.05, 0) is 48.2 Å². The van der Waals surface area contributed by atoms with E-state index < -0.39 is 145 Å². The number of primary amides is 1. The van der Waals surface area contributed by atoms with Crippen LogP contribution in [0.3, 0.4) is 0 Å². The molecule has 24 nitrogen and oxygen atoms in total. The van der Waals surface area contributed by atoms with Crippen molar-refractivity contribution in [1.82, 2.24) is 42.5 Å². The second-order valence-corrected chi connectivity index (χ2v) is 17.8. The third kappa shape index (κ3) is 20.1. The molecule has 0 fully saturated rings. The van der Waals surface area contributed by atoms with Crippen LogP contribution in [0.25, 0.3) is 11.1 Å². The molecule has 3 aromatic carbocycles. The van der Waals surface area contributed by atoms with E-state index in [1.165, 1.54) is 38.1 Å². The highest BCUT2D eigenvalue weighted by molar-refractivity contribution is 7.80. The lowest BCUT2D eigenvalue weighted by Crippen LogP contribution is -2.61. The summed E-state index contributed by atoms with van der Waals surface area (Å²) in [7, 11) is 0. The molecule has 9 atom stereocenters. The smallest absolute Gasteiger partial charge is 0.305 e. The molecule has 0 aliphatic heterocycles. The van der Waals surface area contributed by atoms with E-state index in [0.29, 0.717) is 11.1 Å². The van der Waals surface area contributed by atoms with E-state index in [-0.39, 0.29) is 24.3 Å². The van der Waals surface area contributed by atoms with Crippen molar-refractivity contribution >= 4 is 90.4 Å². The molecular formula is C48H61N9O15S2. The first-order valence-electron chi connectivity index (χ1n) is 22.9. The Labute approximate surface area is 435 Å². The number of aliphatic hydroxyl groups excluding tert-OH is 1. The standard InChI is InChI=1S/C48H61N9O15S2/c1-24(22-73)42(66)53-35(20-39(63)64)45(69)51-25(2)43(67)54-33(17-28-11-15-31(59)16-12-28)44(68)50-21-37(60)57-40(26(3)58)48(72)56-36(23-74)47(71)55-34(46(70)52-32(41(49)65)19-38(61)62)18-27-9-13-30(14-10-27)29-7-5-4-6-8-29/h4-16,24-26,32-36,40,58-59,73-74H,17-23H2,1-3H3,(H2,49,65)(H,50,68)(H,51,69)(H,52,70)(H,53,66)(H,54,67)(H,55,71)(H,56,72)(H,57,60)(H,61,62)(H,63,64)/t24-,25-,26?,32-,33-,34-,35-,36-,40-/m0/s1. The number of aliphatic hydroxyl groups is 1. The molecule has 3 rings (SSSR count). The maximum Gasteiger partial charge on any atom is 0.305 e. The summed E-state index contributed by atoms with van der Waals surface area (Å²) in [5, 5.41) is 57.7. The third-order valence-corrected chi connectivity index (χ3v) is 11.9. The first kappa shape index (κ1) is 60.6. The second-order valence-electron chi connectivity index (χ2n) is 17.0. The van der Waals surface area contributed by atoms with Gasteiger partial charge in [-0.3, -0.25) is 52.7 Å². The number of carboxylic acids is 2. The fraction of sp³-hybridized carbons (Fsp3) is 0.396. The van der Waals surface area contributed by atoms with E-state index in [1.54, 1.807) is 24.3 Å². The molecule has 0 saturated carbocycles. The number of nitrogens with two attached hydrogens (primary N) is 1. The van der Waals surface area contributed by atoms with Gasteiger partial charge in [0.1, 0.15) is 48.0 Å². The van der Waals surface area contributed by atoms with Gasteiger partial charge in [-0.15, -0.1) is 0 Å². The van der Waals surface area contributed by atoms with Crippen molar-refractivity contribution in [3.63, 3.8) is 0 Å². The molecule has 3 aromatic rings. The van der Waals surface area contributed by atoms with Gasteiger partial charge in [-0.25, -0.2) is 0 Å². The van der Waals surface area contributed by atoms with Gasteiger partial charge in [0, 0.05) is 30.3 Å². The number of nitrogens with one attached hydrogen (secondary N) is 8. The number of aromatic hydroxyl groups is 1. The molecule has 9 amide bonds. The fourth-order valence-electron chi connectivity index (χ4n) is 6.76. The first-order chi connectivity index (χ1) is 34.9. The van der Waals surface area contributed by atoms with Crippen LogP contribution in [0, 0.1) is 5.92 Å². The van der Waals surface area contributed by atoms with Gasteiger partial charge in [0.25, 0.3) is 0 Å². The summed E-state index contributed by atoms with van der Waals surface area (Å²) in [6.07, 6.45) is -3.74. The van der Waals surface area contributed by atoms with Gasteiger partial charge in [-0.1, -0.05) is 73.7 Å². The molecule has 0 bridgehead atoms. The summed E-state index contributed by atoms with van der Waals surface area (Å²) in [6, 6.07) is 10.8. The molecule has 0 aliphatic carbocycles. The fourth-order valence-corrected chi connectivity index (χ4v) is 7.18. The summed E-state index contributed by atoms with van der Waals surface area (Å²) < 4.78 is 0. The summed E-state index contributed by atoms with van der Waals surface area (Å²) in [5.41, 5.74) is 8.00. The molecule has 0 saturated heterocycles. The summed E-state index contributed by atoms with van der Waals surface area (Å²) in [6.45, 7) is 3.01. The van der Waals surface area contributed by atoms with Crippen LogP contribution in [-0.4, -0.2) is 152 Å². The molecular weight excluding hydrogens is 1010 g/mol. The monoisotopic (exact) mass is 1070 g/mol. The topological polar surface area (TPSA) is 391 Å². The van der Waals surface area contributed by atoms with Crippen LogP contribution in [-0.2, 0) is 65.6 Å². The minimum atomic E-state index is -1.77. The predicted molar refractivity (Wildman–Crippen MR) is 272 cm³/mol. The number of aliphatic carboxylic acids is 2. The van der Waals surface area contributed by atoms with Crippen molar-refractivity contribution in [2.45, 2.75) is 94.9 Å². The van der Waals surface area contributed by atoms with Crippen LogP contribution in [0.1, 0.15) is 44.7 Å². The van der Waals surface area contributed by atoms with Crippen molar-refractivity contribution in [1.29, 1.82) is 0 Å². The average Bonchev–Trinajstić information content (AvgIpc) is 3.35. The summed E-state index contributed by atoms with van der Waals surface area (Å²) >= 11 is 8.20. The Balaban J connectivity index is 1.74. The molecule has 14 N–H and O–H groups in total. The number of amides is 9. The van der Waals surface area contributed by atoms with Gasteiger partial charge >= 0.3 is 11.9 Å². The number of carbonyl (C=O) groups excluding carboxylic acids is 9. The normalized spacial score (nSPS) is 14.5. The Morgan fingerprint density at radius 1 is 0.514 bits per heavy atom. The lowest BCUT2D eigenvalue weighted by atomic mass is 9.99. The van der Waals surface area contributed by atoms with Crippen LogP contribution < -0.4 is 48.3 Å². The molecule has 0 aromatic heterocycles. The van der Waals surface area contributed by atoms with Crippen molar-refractivity contribution in [3.8, 4) is 16.9 Å². The minimum Gasteiger partial charge on any atom is -0.508 e. The van der Waals surface area contributed by atoms with Crippen LogP contribution in [0.2, 0.25) is 0 Å². The van der Waals surface area contributed by atoms with Gasteiger partial charge in [0.15, 0.2) is 0 Å². The van der Waals surface area contributed by atoms with E-state index in [2.05, 4.69) is 67.8 Å². The van der Waals surface area contributed by atoms with E-state index in [1.807, 2.05) is 30.3 Å². The third-order valence-electron chi connectivity index (χ3n) is 11.0. The van der Waals surface area contributed by atoms with Gasteiger partial charge in [0.2, 0.25) is 53.2 Å². The Morgan fingerprint density at radius 2 is 0.973 bits per heavy atom. The molecule has 1 unspecified atom stereocenters. The number of hydrogen-bond acceptors (Lipinski definition) is 15. The Hall–Kier alpha value is -7.71. The SMILES string of the molecule is CC(O)[C@H](NC(=O)CNC(=O)[C@H](Cc1ccc(O)cc1)NC(=O)[C@H](C)NC(=O)[C@H](CC(=O)O)NC(=O)[C@@H](C)CS)C(=O)N[C@@H](CS)C(=O)N[C@@H](Cc1ccc(-c2ccccc2)cc1)C(=O)N[C@@H](CC(=O)O)C(N)=O. The Kier molecular flexibility index (Phi) is 24.3. The highest BCUT2D eigenvalue weighted by Gasteiger charge is 2.34.